The SMILES string of the molecule is C[C@H](Cc1ccc(O)cc1)NC(=O)c1ccc[nH]c1=S. The molecular weight excluding hydrogens is 272 g/mol. The third-order valence-corrected chi connectivity index (χ3v) is 3.26. The van der Waals surface area contributed by atoms with Gasteiger partial charge in [0.15, 0.2) is 0 Å². The average Bonchev–Trinajstić information content (AvgIpc) is 2.41. The summed E-state index contributed by atoms with van der Waals surface area (Å²) in [5, 5.41) is 12.1. The van der Waals surface area contributed by atoms with Gasteiger partial charge in [-0.1, -0.05) is 24.4 Å². The maximum atomic E-state index is 12.1. The number of phenols is 1. The molecule has 0 unspecified atom stereocenters. The molecule has 3 N–H and O–H groups in total. The number of amides is 1. The van der Waals surface area contributed by atoms with Crippen molar-refractivity contribution in [1.29, 1.82) is 0 Å². The fourth-order valence-corrected chi connectivity index (χ4v) is 2.17. The highest BCUT2D eigenvalue weighted by Gasteiger charge is 2.11. The fraction of sp³-hybridized carbons (Fsp3) is 0.200. The normalized spacial score (nSPS) is 11.8. The van der Waals surface area contributed by atoms with Crippen LogP contribution in [0.1, 0.15) is 22.8 Å². The summed E-state index contributed by atoms with van der Waals surface area (Å²) in [6.07, 6.45) is 2.38. The van der Waals surface area contributed by atoms with Crippen LogP contribution in [0.2, 0.25) is 0 Å². The van der Waals surface area contributed by atoms with Crippen LogP contribution in [-0.4, -0.2) is 22.0 Å². The van der Waals surface area contributed by atoms with Crippen molar-refractivity contribution in [2.24, 2.45) is 0 Å². The van der Waals surface area contributed by atoms with Crippen molar-refractivity contribution in [2.45, 2.75) is 19.4 Å². The second-order valence-corrected chi connectivity index (χ2v) is 5.07. The van der Waals surface area contributed by atoms with Crippen LogP contribution in [0.15, 0.2) is 42.6 Å². The Kier molecular flexibility index (Phi) is 4.53. The molecule has 1 aromatic heterocycles. The molecule has 5 heteroatoms. The molecule has 0 saturated carbocycles. The monoisotopic (exact) mass is 288 g/mol. The van der Waals surface area contributed by atoms with E-state index in [-0.39, 0.29) is 17.7 Å². The second-order valence-electron chi connectivity index (χ2n) is 4.66. The number of hydrogen-bond donors (Lipinski definition) is 3. The minimum absolute atomic E-state index is 0.0263. The topological polar surface area (TPSA) is 65.1 Å². The lowest BCUT2D eigenvalue weighted by atomic mass is 10.1. The molecule has 0 aliphatic carbocycles. The summed E-state index contributed by atoms with van der Waals surface area (Å²) >= 11 is 5.08. The molecule has 0 bridgehead atoms. The van der Waals surface area contributed by atoms with Gasteiger partial charge in [-0.2, -0.15) is 0 Å². The van der Waals surface area contributed by atoms with Gasteiger partial charge in [0.2, 0.25) is 0 Å². The highest BCUT2D eigenvalue weighted by molar-refractivity contribution is 7.71. The maximum Gasteiger partial charge on any atom is 0.254 e. The maximum absolute atomic E-state index is 12.1. The average molecular weight is 288 g/mol. The number of carbonyl (C=O) groups excluding carboxylic acids is 1. The Hall–Kier alpha value is -2.14. The van der Waals surface area contributed by atoms with Gasteiger partial charge in [-0.25, -0.2) is 0 Å². The van der Waals surface area contributed by atoms with Crippen molar-refractivity contribution < 1.29 is 9.90 Å². The van der Waals surface area contributed by atoms with E-state index in [4.69, 9.17) is 12.2 Å². The van der Waals surface area contributed by atoms with E-state index in [2.05, 4.69) is 10.3 Å². The van der Waals surface area contributed by atoms with Crippen LogP contribution in [0, 0.1) is 4.64 Å². The van der Waals surface area contributed by atoms with E-state index in [1.54, 1.807) is 30.5 Å². The van der Waals surface area contributed by atoms with Crippen LogP contribution in [0.25, 0.3) is 0 Å². The molecule has 1 amide bonds. The minimum Gasteiger partial charge on any atom is -0.508 e. The molecule has 0 spiro atoms. The first kappa shape index (κ1) is 14.3. The van der Waals surface area contributed by atoms with E-state index in [1.807, 2.05) is 19.1 Å². The number of nitrogens with one attached hydrogen (secondary N) is 2. The van der Waals surface area contributed by atoms with E-state index >= 15 is 0 Å². The molecule has 2 aromatic rings. The van der Waals surface area contributed by atoms with Crippen LogP contribution < -0.4 is 5.32 Å². The summed E-state index contributed by atoms with van der Waals surface area (Å²) < 4.78 is 0.432. The molecule has 0 aliphatic heterocycles. The van der Waals surface area contributed by atoms with Crippen LogP contribution >= 0.6 is 12.2 Å². The molecule has 2 rings (SSSR count). The Labute approximate surface area is 122 Å². The van der Waals surface area contributed by atoms with Gasteiger partial charge in [-0.15, -0.1) is 0 Å². The molecular formula is C15H16N2O2S. The summed E-state index contributed by atoms with van der Waals surface area (Å²) in [5.41, 5.74) is 1.52. The Morgan fingerprint density at radius 3 is 2.70 bits per heavy atom. The highest BCUT2D eigenvalue weighted by Crippen LogP contribution is 2.11. The lowest BCUT2D eigenvalue weighted by Gasteiger charge is -2.14. The van der Waals surface area contributed by atoms with E-state index in [1.165, 1.54) is 0 Å². The van der Waals surface area contributed by atoms with Crippen molar-refractivity contribution in [2.75, 3.05) is 0 Å². The lowest BCUT2D eigenvalue weighted by molar-refractivity contribution is 0.0939. The van der Waals surface area contributed by atoms with Crippen molar-refractivity contribution in [1.82, 2.24) is 10.3 Å². The number of pyridine rings is 1. The Balaban J connectivity index is 1.99. The number of aromatic hydroxyl groups is 1. The summed E-state index contributed by atoms with van der Waals surface area (Å²) in [4.78, 5) is 14.9. The number of carbonyl (C=O) groups is 1. The molecule has 4 nitrogen and oxygen atoms in total. The molecule has 1 atom stereocenters. The molecule has 20 heavy (non-hydrogen) atoms. The van der Waals surface area contributed by atoms with Gasteiger partial charge >= 0.3 is 0 Å². The number of aromatic nitrogens is 1. The first-order valence-electron chi connectivity index (χ1n) is 6.33. The van der Waals surface area contributed by atoms with Gasteiger partial charge in [-0.3, -0.25) is 4.79 Å². The van der Waals surface area contributed by atoms with Crippen molar-refractivity contribution in [3.63, 3.8) is 0 Å². The predicted molar refractivity (Wildman–Crippen MR) is 80.4 cm³/mol. The number of benzene rings is 1. The van der Waals surface area contributed by atoms with Gasteiger partial charge < -0.3 is 15.4 Å². The van der Waals surface area contributed by atoms with Crippen molar-refractivity contribution >= 4 is 18.1 Å². The van der Waals surface area contributed by atoms with Crippen LogP contribution in [-0.2, 0) is 6.42 Å². The molecule has 104 valence electrons. The van der Waals surface area contributed by atoms with Crippen LogP contribution in [0.5, 0.6) is 5.75 Å². The summed E-state index contributed by atoms with van der Waals surface area (Å²) in [6, 6.07) is 10.4. The smallest absolute Gasteiger partial charge is 0.254 e. The van der Waals surface area contributed by atoms with Crippen molar-refractivity contribution in [3.8, 4) is 5.75 Å². The Bertz CT molecular complexity index is 649. The first-order valence-corrected chi connectivity index (χ1v) is 6.73. The predicted octanol–water partition coefficient (Wildman–Crippen LogP) is 2.81. The zero-order valence-corrected chi connectivity index (χ0v) is 11.9. The van der Waals surface area contributed by atoms with E-state index in [9.17, 15) is 9.90 Å². The molecule has 1 aromatic carbocycles. The van der Waals surface area contributed by atoms with Crippen LogP contribution in [0.3, 0.4) is 0 Å². The number of phenolic OH excluding ortho intramolecular Hbond substituents is 1. The van der Waals surface area contributed by atoms with E-state index in [0.717, 1.165) is 5.56 Å². The van der Waals surface area contributed by atoms with Gasteiger partial charge in [0, 0.05) is 12.2 Å². The number of aromatic amines is 1. The van der Waals surface area contributed by atoms with Crippen LogP contribution in [0.4, 0.5) is 0 Å². The number of H-pyrrole nitrogens is 1. The largest absolute Gasteiger partial charge is 0.508 e. The third-order valence-electron chi connectivity index (χ3n) is 2.92. The first-order chi connectivity index (χ1) is 9.56. The Morgan fingerprint density at radius 2 is 2.05 bits per heavy atom. The lowest BCUT2D eigenvalue weighted by Crippen LogP contribution is -2.34. The number of hydrogen-bond acceptors (Lipinski definition) is 3. The van der Waals surface area contributed by atoms with E-state index in [0.29, 0.717) is 16.6 Å². The van der Waals surface area contributed by atoms with Gasteiger partial charge in [-0.05, 0) is 43.2 Å². The van der Waals surface area contributed by atoms with Crippen molar-refractivity contribution in [3.05, 3.63) is 58.4 Å². The zero-order valence-electron chi connectivity index (χ0n) is 11.1. The van der Waals surface area contributed by atoms with E-state index < -0.39 is 0 Å². The summed E-state index contributed by atoms with van der Waals surface area (Å²) in [5.74, 6) is 0.0548. The highest BCUT2D eigenvalue weighted by atomic mass is 32.1. The fourth-order valence-electron chi connectivity index (χ4n) is 1.94. The molecule has 1 heterocycles. The quantitative estimate of drug-likeness (QED) is 0.758. The zero-order chi connectivity index (χ0) is 14.5. The second kappa shape index (κ2) is 6.34. The summed E-state index contributed by atoms with van der Waals surface area (Å²) in [6.45, 7) is 1.93. The van der Waals surface area contributed by atoms with Gasteiger partial charge in [0.05, 0.1) is 5.56 Å². The minimum atomic E-state index is -0.182. The Morgan fingerprint density at radius 1 is 1.35 bits per heavy atom. The standard InChI is InChI=1S/C15H16N2O2S/c1-10(9-11-4-6-12(18)7-5-11)17-14(19)13-3-2-8-16-15(13)20/h2-8,10,18H,9H2,1H3,(H,16,20)(H,17,19)/t10-/m1/s1. The molecule has 0 fully saturated rings. The van der Waals surface area contributed by atoms with Gasteiger partial charge in [0.1, 0.15) is 10.4 Å². The molecule has 0 saturated heterocycles. The number of rotatable bonds is 4. The summed E-state index contributed by atoms with van der Waals surface area (Å²) in [7, 11) is 0. The molecule has 0 radical (unpaired) electrons. The van der Waals surface area contributed by atoms with Gasteiger partial charge in [0.25, 0.3) is 5.91 Å². The third kappa shape index (κ3) is 3.68. The molecule has 0 aliphatic rings.